The number of methoxy groups -OCH3 is 1. The average Bonchev–Trinajstić information content (AvgIpc) is 2.31. The zero-order valence-corrected chi connectivity index (χ0v) is 11.3. The van der Waals surface area contributed by atoms with E-state index >= 15 is 0 Å². The van der Waals surface area contributed by atoms with Gasteiger partial charge in [-0.3, -0.25) is 4.79 Å². The van der Waals surface area contributed by atoms with Crippen LogP contribution in [0.3, 0.4) is 0 Å². The number of carbonyl (C=O) groups excluding carboxylic acids is 1. The summed E-state index contributed by atoms with van der Waals surface area (Å²) in [6, 6.07) is 4.37. The Labute approximate surface area is 110 Å². The zero-order chi connectivity index (χ0) is 13.3. The fourth-order valence-corrected chi connectivity index (χ4v) is 2.71. The van der Waals surface area contributed by atoms with Gasteiger partial charge >= 0.3 is 0 Å². The summed E-state index contributed by atoms with van der Waals surface area (Å²) in [5, 5.41) is 0. The van der Waals surface area contributed by atoms with Gasteiger partial charge in [0.15, 0.2) is 0 Å². The van der Waals surface area contributed by atoms with Crippen LogP contribution in [0.1, 0.15) is 15.9 Å². The Morgan fingerprint density at radius 1 is 1.44 bits per heavy atom. The molecule has 0 bridgehead atoms. The monoisotopic (exact) mass is 289 g/mol. The highest BCUT2D eigenvalue weighted by atomic mass is 35.7. The second kappa shape index (κ2) is 4.87. The van der Waals surface area contributed by atoms with Gasteiger partial charge in [-0.1, -0.05) is 6.07 Å². The first-order valence-electron chi connectivity index (χ1n) is 5.29. The summed E-state index contributed by atoms with van der Waals surface area (Å²) >= 11 is 0. The van der Waals surface area contributed by atoms with Gasteiger partial charge in [-0.15, -0.1) is 0 Å². The molecule has 0 saturated heterocycles. The van der Waals surface area contributed by atoms with Gasteiger partial charge in [0, 0.05) is 29.9 Å². The summed E-state index contributed by atoms with van der Waals surface area (Å²) in [5.74, 6) is -0.236. The molecule has 18 heavy (non-hydrogen) atoms. The number of ether oxygens (including phenoxy) is 1. The van der Waals surface area contributed by atoms with Crippen molar-refractivity contribution in [3.63, 3.8) is 0 Å². The molecule has 0 unspecified atom stereocenters. The minimum Gasteiger partial charge on any atom is -0.364 e. The predicted octanol–water partition coefficient (Wildman–Crippen LogP) is 1.22. The van der Waals surface area contributed by atoms with Crippen LogP contribution < -0.4 is 0 Å². The summed E-state index contributed by atoms with van der Waals surface area (Å²) in [7, 11) is 2.95. The van der Waals surface area contributed by atoms with Crippen molar-refractivity contribution in [3.05, 3.63) is 29.3 Å². The Balaban J connectivity index is 2.43. The second-order valence-electron chi connectivity index (χ2n) is 3.99. The lowest BCUT2D eigenvalue weighted by molar-refractivity contribution is 0.0398. The molecule has 0 aliphatic carbocycles. The van der Waals surface area contributed by atoms with Crippen LogP contribution in [0.15, 0.2) is 23.1 Å². The van der Waals surface area contributed by atoms with Gasteiger partial charge < -0.3 is 9.64 Å². The van der Waals surface area contributed by atoms with E-state index in [2.05, 4.69) is 0 Å². The Kier molecular flexibility index (Phi) is 3.61. The number of benzene rings is 1. The highest BCUT2D eigenvalue weighted by Gasteiger charge is 2.25. The fourth-order valence-electron chi connectivity index (χ4n) is 1.93. The van der Waals surface area contributed by atoms with Gasteiger partial charge in [0.05, 0.1) is 4.90 Å². The number of hydrogen-bond acceptors (Lipinski definition) is 4. The van der Waals surface area contributed by atoms with Crippen LogP contribution >= 0.6 is 10.7 Å². The first-order valence-corrected chi connectivity index (χ1v) is 7.60. The van der Waals surface area contributed by atoms with E-state index in [0.29, 0.717) is 18.5 Å². The molecular weight excluding hydrogens is 278 g/mol. The van der Waals surface area contributed by atoms with Crippen LogP contribution in [0.2, 0.25) is 0 Å². The van der Waals surface area contributed by atoms with Crippen molar-refractivity contribution in [2.45, 2.75) is 11.3 Å². The average molecular weight is 290 g/mol. The number of halogens is 1. The maximum absolute atomic E-state index is 12.1. The summed E-state index contributed by atoms with van der Waals surface area (Å²) in [4.78, 5) is 13.6. The molecule has 1 aromatic rings. The molecule has 0 saturated carbocycles. The van der Waals surface area contributed by atoms with Crippen molar-refractivity contribution in [1.29, 1.82) is 0 Å². The predicted molar refractivity (Wildman–Crippen MR) is 66.1 cm³/mol. The molecule has 1 aliphatic rings. The molecule has 1 aliphatic heterocycles. The third-order valence-electron chi connectivity index (χ3n) is 2.82. The Morgan fingerprint density at radius 2 is 2.17 bits per heavy atom. The van der Waals surface area contributed by atoms with Crippen LogP contribution in [0.5, 0.6) is 0 Å². The van der Waals surface area contributed by atoms with Crippen LogP contribution in [0, 0.1) is 0 Å². The van der Waals surface area contributed by atoms with Crippen molar-refractivity contribution in [2.24, 2.45) is 0 Å². The third kappa shape index (κ3) is 2.50. The van der Waals surface area contributed by atoms with Crippen molar-refractivity contribution >= 4 is 25.6 Å². The van der Waals surface area contributed by atoms with Gasteiger partial charge in [0.25, 0.3) is 15.0 Å². The zero-order valence-electron chi connectivity index (χ0n) is 9.72. The van der Waals surface area contributed by atoms with Gasteiger partial charge in [-0.25, -0.2) is 8.42 Å². The van der Waals surface area contributed by atoms with E-state index in [9.17, 15) is 13.2 Å². The summed E-state index contributed by atoms with van der Waals surface area (Å²) in [6.45, 7) is 0.753. The molecule has 7 heteroatoms. The number of fused-ring (bicyclic) bond motifs is 1. The smallest absolute Gasteiger partial charge is 0.261 e. The largest absolute Gasteiger partial charge is 0.364 e. The first-order chi connectivity index (χ1) is 8.43. The van der Waals surface area contributed by atoms with E-state index < -0.39 is 9.05 Å². The van der Waals surface area contributed by atoms with Crippen LogP contribution in [0.25, 0.3) is 0 Å². The van der Waals surface area contributed by atoms with Crippen molar-refractivity contribution in [1.82, 2.24) is 4.90 Å². The second-order valence-corrected chi connectivity index (χ2v) is 6.56. The molecule has 2 rings (SSSR count). The summed E-state index contributed by atoms with van der Waals surface area (Å²) in [5.41, 5.74) is 1.21. The van der Waals surface area contributed by atoms with Crippen molar-refractivity contribution in [3.8, 4) is 0 Å². The van der Waals surface area contributed by atoms with E-state index in [4.69, 9.17) is 15.4 Å². The molecular formula is C11H12ClNO4S. The van der Waals surface area contributed by atoms with E-state index in [0.717, 1.165) is 5.56 Å². The number of hydrogen-bond donors (Lipinski definition) is 0. The highest BCUT2D eigenvalue weighted by molar-refractivity contribution is 8.13. The van der Waals surface area contributed by atoms with Gasteiger partial charge in [0.2, 0.25) is 0 Å². The number of carbonyl (C=O) groups is 1. The molecule has 98 valence electrons. The SMILES string of the molecule is COCN1CCc2ccc(S(=O)(=O)Cl)cc2C1=O. The third-order valence-corrected chi connectivity index (χ3v) is 4.17. The maximum Gasteiger partial charge on any atom is 0.261 e. The molecule has 1 heterocycles. The van der Waals surface area contributed by atoms with Gasteiger partial charge in [0.1, 0.15) is 6.73 Å². The lowest BCUT2D eigenvalue weighted by atomic mass is 9.99. The summed E-state index contributed by atoms with van der Waals surface area (Å²) in [6.07, 6.45) is 0.674. The Bertz CT molecular complexity index is 585. The quantitative estimate of drug-likeness (QED) is 0.785. The van der Waals surface area contributed by atoms with Gasteiger partial charge in [-0.05, 0) is 24.1 Å². The topological polar surface area (TPSA) is 63.7 Å². The minimum atomic E-state index is -3.82. The number of nitrogens with zero attached hydrogens (tertiary/aromatic N) is 1. The van der Waals surface area contributed by atoms with E-state index in [1.54, 1.807) is 6.07 Å². The Hall–Kier alpha value is -1.11. The normalized spacial score (nSPS) is 15.7. The lowest BCUT2D eigenvalue weighted by Gasteiger charge is -2.27. The van der Waals surface area contributed by atoms with Crippen molar-refractivity contribution < 1.29 is 17.9 Å². The highest BCUT2D eigenvalue weighted by Crippen LogP contribution is 2.24. The molecule has 5 nitrogen and oxygen atoms in total. The molecule has 0 radical (unpaired) electrons. The number of amides is 1. The van der Waals surface area contributed by atoms with Crippen LogP contribution in [0.4, 0.5) is 0 Å². The molecule has 0 spiro atoms. The maximum atomic E-state index is 12.1. The molecule has 0 atom stereocenters. The van der Waals surface area contributed by atoms with E-state index in [1.165, 1.54) is 24.1 Å². The van der Waals surface area contributed by atoms with Crippen LogP contribution in [-0.4, -0.2) is 39.6 Å². The molecule has 1 aromatic carbocycles. The van der Waals surface area contributed by atoms with Crippen molar-refractivity contribution in [2.75, 3.05) is 20.4 Å². The molecule has 0 N–H and O–H groups in total. The Morgan fingerprint density at radius 3 is 2.78 bits per heavy atom. The standard InChI is InChI=1S/C11H12ClNO4S/c1-17-7-13-5-4-8-2-3-9(18(12,15)16)6-10(8)11(13)14/h2-3,6H,4-5,7H2,1H3. The first kappa shape index (κ1) is 13.3. The lowest BCUT2D eigenvalue weighted by Crippen LogP contribution is -2.38. The van der Waals surface area contributed by atoms with Gasteiger partial charge in [-0.2, -0.15) is 0 Å². The van der Waals surface area contributed by atoms with Crippen LogP contribution in [-0.2, 0) is 20.2 Å². The molecule has 0 aromatic heterocycles. The molecule has 0 fully saturated rings. The van der Waals surface area contributed by atoms with E-state index in [1.807, 2.05) is 0 Å². The number of rotatable bonds is 3. The minimum absolute atomic E-state index is 0.0597. The fraction of sp³-hybridized carbons (Fsp3) is 0.364. The molecule has 1 amide bonds. The van der Waals surface area contributed by atoms with E-state index in [-0.39, 0.29) is 17.5 Å². The summed E-state index contributed by atoms with van der Waals surface area (Å²) < 4.78 is 27.4.